The number of esters is 2. The molecular formula is C11H15NO5. The topological polar surface area (TPSA) is 72.9 Å². The van der Waals surface area contributed by atoms with Crippen molar-refractivity contribution >= 4 is 17.8 Å². The van der Waals surface area contributed by atoms with Crippen molar-refractivity contribution in [3.63, 3.8) is 0 Å². The van der Waals surface area contributed by atoms with Gasteiger partial charge in [-0.2, -0.15) is 0 Å². The lowest BCUT2D eigenvalue weighted by molar-refractivity contribution is -0.152. The van der Waals surface area contributed by atoms with Crippen molar-refractivity contribution in [2.24, 2.45) is 0 Å². The SMILES string of the molecule is CCN1CCC(OC(=O)/C=C/C(=O)OC)C1=O. The fourth-order valence-corrected chi connectivity index (χ4v) is 1.52. The van der Waals surface area contributed by atoms with E-state index < -0.39 is 18.0 Å². The summed E-state index contributed by atoms with van der Waals surface area (Å²) < 4.78 is 9.24. The molecule has 1 unspecified atom stereocenters. The number of nitrogens with zero attached hydrogens (tertiary/aromatic N) is 1. The van der Waals surface area contributed by atoms with E-state index in [4.69, 9.17) is 4.74 Å². The molecule has 1 saturated heterocycles. The quantitative estimate of drug-likeness (QED) is 0.507. The molecule has 6 heteroatoms. The standard InChI is InChI=1S/C11H15NO5/c1-3-12-7-6-8(11(12)15)17-10(14)5-4-9(13)16-2/h4-5,8H,3,6-7H2,1-2H3/b5-4+. The van der Waals surface area contributed by atoms with Gasteiger partial charge in [-0.3, -0.25) is 4.79 Å². The van der Waals surface area contributed by atoms with Crippen molar-refractivity contribution < 1.29 is 23.9 Å². The summed E-state index contributed by atoms with van der Waals surface area (Å²) in [6, 6.07) is 0. The minimum atomic E-state index is -0.732. The van der Waals surface area contributed by atoms with Crippen molar-refractivity contribution in [1.82, 2.24) is 4.90 Å². The first-order valence-electron chi connectivity index (χ1n) is 5.34. The van der Waals surface area contributed by atoms with Gasteiger partial charge in [0.2, 0.25) is 0 Å². The number of carbonyl (C=O) groups is 3. The molecule has 0 radical (unpaired) electrons. The van der Waals surface area contributed by atoms with Crippen LogP contribution < -0.4 is 0 Å². The average molecular weight is 241 g/mol. The molecular weight excluding hydrogens is 226 g/mol. The molecule has 1 fully saturated rings. The van der Waals surface area contributed by atoms with Crippen LogP contribution in [-0.2, 0) is 23.9 Å². The molecule has 1 aliphatic heterocycles. The monoisotopic (exact) mass is 241 g/mol. The maximum atomic E-state index is 11.6. The molecule has 0 saturated carbocycles. The largest absolute Gasteiger partial charge is 0.466 e. The summed E-state index contributed by atoms with van der Waals surface area (Å²) in [5.74, 6) is -1.55. The number of rotatable bonds is 4. The molecule has 0 bridgehead atoms. The van der Waals surface area contributed by atoms with Gasteiger partial charge >= 0.3 is 11.9 Å². The summed E-state index contributed by atoms with van der Waals surface area (Å²) in [6.45, 7) is 3.05. The van der Waals surface area contributed by atoms with Crippen molar-refractivity contribution in [1.29, 1.82) is 0 Å². The van der Waals surface area contributed by atoms with Crippen LogP contribution in [0.5, 0.6) is 0 Å². The lowest BCUT2D eigenvalue weighted by atomic mass is 10.3. The van der Waals surface area contributed by atoms with E-state index in [1.54, 1.807) is 4.90 Å². The number of ether oxygens (including phenoxy) is 2. The second-order valence-electron chi connectivity index (χ2n) is 3.49. The first-order chi connectivity index (χ1) is 8.08. The highest BCUT2D eigenvalue weighted by Gasteiger charge is 2.33. The third kappa shape index (κ3) is 3.58. The molecule has 0 spiro atoms. The maximum Gasteiger partial charge on any atom is 0.331 e. The van der Waals surface area contributed by atoms with Gasteiger partial charge < -0.3 is 14.4 Å². The lowest BCUT2D eigenvalue weighted by Gasteiger charge is -2.13. The number of amides is 1. The Morgan fingerprint density at radius 1 is 1.41 bits per heavy atom. The fraction of sp³-hybridized carbons (Fsp3) is 0.545. The number of hydrogen-bond acceptors (Lipinski definition) is 5. The van der Waals surface area contributed by atoms with Crippen LogP contribution in [0.1, 0.15) is 13.3 Å². The van der Waals surface area contributed by atoms with Crippen LogP contribution >= 0.6 is 0 Å². The van der Waals surface area contributed by atoms with Crippen LogP contribution in [0.2, 0.25) is 0 Å². The van der Waals surface area contributed by atoms with Gasteiger partial charge in [0.15, 0.2) is 6.10 Å². The highest BCUT2D eigenvalue weighted by molar-refractivity contribution is 5.93. The molecule has 0 aromatic rings. The predicted molar refractivity (Wildman–Crippen MR) is 57.9 cm³/mol. The number of carbonyl (C=O) groups excluding carboxylic acids is 3. The molecule has 1 aliphatic rings. The van der Waals surface area contributed by atoms with Gasteiger partial charge in [0.25, 0.3) is 5.91 Å². The molecule has 94 valence electrons. The van der Waals surface area contributed by atoms with E-state index in [2.05, 4.69) is 4.74 Å². The molecule has 1 heterocycles. The number of likely N-dealkylation sites (N-methyl/N-ethyl adjacent to an activating group) is 1. The van der Waals surface area contributed by atoms with E-state index in [1.807, 2.05) is 6.92 Å². The predicted octanol–water partition coefficient (Wildman–Crippen LogP) is -0.120. The first kappa shape index (κ1) is 13.2. The van der Waals surface area contributed by atoms with Crippen LogP contribution in [0.15, 0.2) is 12.2 Å². The zero-order valence-electron chi connectivity index (χ0n) is 9.84. The summed E-state index contributed by atoms with van der Waals surface area (Å²) >= 11 is 0. The van der Waals surface area contributed by atoms with Crippen molar-refractivity contribution in [2.75, 3.05) is 20.2 Å². The summed E-state index contributed by atoms with van der Waals surface area (Å²) in [6.07, 6.45) is 1.67. The molecule has 6 nitrogen and oxygen atoms in total. The molecule has 0 aromatic heterocycles. The van der Waals surface area contributed by atoms with E-state index in [0.29, 0.717) is 19.5 Å². The average Bonchev–Trinajstić information content (AvgIpc) is 2.67. The Labute approximate surface area is 99.2 Å². The second-order valence-corrected chi connectivity index (χ2v) is 3.49. The van der Waals surface area contributed by atoms with Gasteiger partial charge in [-0.05, 0) is 6.92 Å². The molecule has 1 rings (SSSR count). The molecule has 0 aromatic carbocycles. The molecule has 17 heavy (non-hydrogen) atoms. The van der Waals surface area contributed by atoms with Crippen LogP contribution in [0, 0.1) is 0 Å². The van der Waals surface area contributed by atoms with E-state index in [-0.39, 0.29) is 5.91 Å². The van der Waals surface area contributed by atoms with Crippen LogP contribution in [0.25, 0.3) is 0 Å². The van der Waals surface area contributed by atoms with Gasteiger partial charge in [-0.15, -0.1) is 0 Å². The minimum absolute atomic E-state index is 0.188. The van der Waals surface area contributed by atoms with E-state index in [0.717, 1.165) is 12.2 Å². The molecule has 1 atom stereocenters. The zero-order chi connectivity index (χ0) is 12.8. The highest BCUT2D eigenvalue weighted by atomic mass is 16.5. The van der Waals surface area contributed by atoms with Gasteiger partial charge in [-0.25, -0.2) is 9.59 Å². The number of hydrogen-bond donors (Lipinski definition) is 0. The Morgan fingerprint density at radius 2 is 2.06 bits per heavy atom. The van der Waals surface area contributed by atoms with Crippen LogP contribution in [0.3, 0.4) is 0 Å². The minimum Gasteiger partial charge on any atom is -0.466 e. The van der Waals surface area contributed by atoms with Crippen LogP contribution in [-0.4, -0.2) is 49.0 Å². The first-order valence-corrected chi connectivity index (χ1v) is 5.34. The van der Waals surface area contributed by atoms with Crippen molar-refractivity contribution in [3.05, 3.63) is 12.2 Å². The fourth-order valence-electron chi connectivity index (χ4n) is 1.52. The summed E-state index contributed by atoms with van der Waals surface area (Å²) in [5, 5.41) is 0. The Hall–Kier alpha value is -1.85. The molecule has 0 aliphatic carbocycles. The third-order valence-electron chi connectivity index (χ3n) is 2.45. The van der Waals surface area contributed by atoms with Crippen molar-refractivity contribution in [2.45, 2.75) is 19.4 Å². The Balaban J connectivity index is 2.45. The number of likely N-dealkylation sites (tertiary alicyclic amines) is 1. The third-order valence-corrected chi connectivity index (χ3v) is 2.45. The van der Waals surface area contributed by atoms with E-state index >= 15 is 0 Å². The number of methoxy groups -OCH3 is 1. The van der Waals surface area contributed by atoms with Gasteiger partial charge in [0, 0.05) is 31.7 Å². The van der Waals surface area contributed by atoms with E-state index in [9.17, 15) is 14.4 Å². The Kier molecular flexibility index (Phi) is 4.68. The normalized spacial score (nSPS) is 19.8. The second kappa shape index (κ2) is 6.03. The zero-order valence-corrected chi connectivity index (χ0v) is 9.84. The van der Waals surface area contributed by atoms with Crippen molar-refractivity contribution in [3.8, 4) is 0 Å². The maximum absolute atomic E-state index is 11.6. The summed E-state index contributed by atoms with van der Waals surface area (Å²) in [5.41, 5.74) is 0. The van der Waals surface area contributed by atoms with Gasteiger partial charge in [0.1, 0.15) is 0 Å². The highest BCUT2D eigenvalue weighted by Crippen LogP contribution is 2.14. The summed E-state index contributed by atoms with van der Waals surface area (Å²) in [4.78, 5) is 35.2. The molecule has 1 amide bonds. The summed E-state index contributed by atoms with van der Waals surface area (Å²) in [7, 11) is 1.21. The molecule has 0 N–H and O–H groups in total. The van der Waals surface area contributed by atoms with Gasteiger partial charge in [0.05, 0.1) is 7.11 Å². The van der Waals surface area contributed by atoms with Crippen LogP contribution in [0.4, 0.5) is 0 Å². The Bertz CT molecular complexity index is 350. The smallest absolute Gasteiger partial charge is 0.331 e. The van der Waals surface area contributed by atoms with Gasteiger partial charge in [-0.1, -0.05) is 0 Å². The Morgan fingerprint density at radius 3 is 2.59 bits per heavy atom. The van der Waals surface area contributed by atoms with E-state index in [1.165, 1.54) is 7.11 Å². The lowest BCUT2D eigenvalue weighted by Crippen LogP contribution is -2.31.